The summed E-state index contributed by atoms with van der Waals surface area (Å²) in [6, 6.07) is 18.8. The number of rotatable bonds is 6. The van der Waals surface area contributed by atoms with Crippen molar-refractivity contribution in [1.29, 1.82) is 0 Å². The van der Waals surface area contributed by atoms with Gasteiger partial charge in [-0.3, -0.25) is 9.69 Å². The Bertz CT molecular complexity index is 1380. The van der Waals surface area contributed by atoms with Gasteiger partial charge < -0.3 is 24.8 Å². The molecule has 0 saturated carbocycles. The molecule has 192 valence electrons. The molecule has 1 saturated heterocycles. The molecule has 3 atom stereocenters. The Morgan fingerprint density at radius 2 is 1.89 bits per heavy atom. The highest BCUT2D eigenvalue weighted by atomic mass is 32.1. The third-order valence-electron chi connectivity index (χ3n) is 7.04. The van der Waals surface area contributed by atoms with Gasteiger partial charge in [0.25, 0.3) is 0 Å². The number of hydrogen-bond acceptors (Lipinski definition) is 5. The van der Waals surface area contributed by atoms with E-state index < -0.39 is 17.7 Å². The number of para-hydroxylation sites is 3. The summed E-state index contributed by atoms with van der Waals surface area (Å²) in [5, 5.41) is 7.04. The van der Waals surface area contributed by atoms with Gasteiger partial charge in [-0.15, -0.1) is 0 Å². The molecule has 37 heavy (non-hydrogen) atoms. The summed E-state index contributed by atoms with van der Waals surface area (Å²) in [5.41, 5.74) is 3.22. The number of thiocarbonyl (C=S) groups is 1. The number of benzene rings is 3. The molecule has 0 aliphatic carbocycles. The van der Waals surface area contributed by atoms with E-state index in [-0.39, 0.29) is 5.91 Å². The first kappa shape index (κ1) is 24.9. The van der Waals surface area contributed by atoms with Crippen molar-refractivity contribution in [2.45, 2.75) is 39.5 Å². The first-order chi connectivity index (χ1) is 17.8. The molecule has 7 nitrogen and oxygen atoms in total. The van der Waals surface area contributed by atoms with Crippen molar-refractivity contribution in [1.82, 2.24) is 5.32 Å². The van der Waals surface area contributed by atoms with E-state index in [1.165, 1.54) is 0 Å². The molecule has 2 N–H and O–H groups in total. The lowest BCUT2D eigenvalue weighted by Crippen LogP contribution is -2.72. The summed E-state index contributed by atoms with van der Waals surface area (Å²) >= 11 is 5.88. The first-order valence-corrected chi connectivity index (χ1v) is 12.8. The Kier molecular flexibility index (Phi) is 6.45. The van der Waals surface area contributed by atoms with Gasteiger partial charge in [0.2, 0.25) is 5.91 Å². The molecule has 2 aliphatic heterocycles. The van der Waals surface area contributed by atoms with Crippen LogP contribution in [-0.2, 0) is 4.79 Å². The summed E-state index contributed by atoms with van der Waals surface area (Å²) in [5.74, 6) is 0.990. The lowest BCUT2D eigenvalue weighted by molar-refractivity contribution is -0.130. The van der Waals surface area contributed by atoms with E-state index in [2.05, 4.69) is 10.6 Å². The molecule has 2 heterocycles. The zero-order valence-corrected chi connectivity index (χ0v) is 22.4. The van der Waals surface area contributed by atoms with Gasteiger partial charge >= 0.3 is 0 Å². The molecule has 0 aromatic heterocycles. The second kappa shape index (κ2) is 9.59. The van der Waals surface area contributed by atoms with E-state index in [9.17, 15) is 4.79 Å². The summed E-state index contributed by atoms with van der Waals surface area (Å²) in [6.07, 6.45) is 0. The van der Waals surface area contributed by atoms with Crippen LogP contribution >= 0.6 is 12.2 Å². The van der Waals surface area contributed by atoms with Crippen LogP contribution in [0.5, 0.6) is 17.2 Å². The van der Waals surface area contributed by atoms with Gasteiger partial charge in [-0.2, -0.15) is 0 Å². The second-order valence-corrected chi connectivity index (χ2v) is 9.87. The Hall–Kier alpha value is -3.78. The molecule has 8 heteroatoms. The standard InChI is InChI=1S/C29H31N3O4S/c1-6-35-23-13-9-10-19-25-24(27(33)30-20-15-14-17(2)16-18(20)3)29(4,36-26(19)23)32(28(37)31-25)21-11-7-8-12-22(21)34-5/h7-16,24-25H,6H2,1-5H3,(H,30,33)(H,31,37)/t24-,25+,29+/m0/s1. The van der Waals surface area contributed by atoms with E-state index >= 15 is 0 Å². The van der Waals surface area contributed by atoms with Crippen LogP contribution in [0.15, 0.2) is 60.7 Å². The van der Waals surface area contributed by atoms with Gasteiger partial charge in [0, 0.05) is 11.3 Å². The van der Waals surface area contributed by atoms with Gasteiger partial charge in [0.05, 0.1) is 25.4 Å². The fourth-order valence-corrected chi connectivity index (χ4v) is 5.79. The van der Waals surface area contributed by atoms with E-state index in [0.717, 1.165) is 22.4 Å². The van der Waals surface area contributed by atoms with Crippen molar-refractivity contribution in [3.63, 3.8) is 0 Å². The number of amides is 1. The number of hydrogen-bond donors (Lipinski definition) is 2. The van der Waals surface area contributed by atoms with Gasteiger partial charge in [0.1, 0.15) is 11.7 Å². The van der Waals surface area contributed by atoms with E-state index in [4.69, 9.17) is 26.4 Å². The van der Waals surface area contributed by atoms with Gasteiger partial charge in [-0.25, -0.2) is 0 Å². The number of carbonyl (C=O) groups excluding carboxylic acids is 1. The summed E-state index contributed by atoms with van der Waals surface area (Å²) in [6.45, 7) is 8.33. The number of nitrogens with one attached hydrogen (secondary N) is 2. The Labute approximate surface area is 222 Å². The number of fused-ring (bicyclic) bond motifs is 4. The number of nitrogens with zero attached hydrogens (tertiary/aromatic N) is 1. The highest BCUT2D eigenvalue weighted by Gasteiger charge is 2.60. The summed E-state index contributed by atoms with van der Waals surface area (Å²) in [4.78, 5) is 16.0. The maximum Gasteiger partial charge on any atom is 0.236 e. The average molecular weight is 518 g/mol. The fourth-order valence-electron chi connectivity index (χ4n) is 5.38. The molecule has 2 bridgehead atoms. The van der Waals surface area contributed by atoms with Crippen LogP contribution in [0.25, 0.3) is 0 Å². The molecule has 3 aromatic carbocycles. The minimum Gasteiger partial charge on any atom is -0.495 e. The van der Waals surface area contributed by atoms with Crippen LogP contribution < -0.4 is 29.7 Å². The van der Waals surface area contributed by atoms with Crippen LogP contribution in [0.3, 0.4) is 0 Å². The number of ether oxygens (including phenoxy) is 3. The maximum atomic E-state index is 14.1. The van der Waals surface area contributed by atoms with Crippen molar-refractivity contribution < 1.29 is 19.0 Å². The molecule has 1 fully saturated rings. The molecule has 1 amide bonds. The number of methoxy groups -OCH3 is 1. The molecular formula is C29H31N3O4S. The predicted octanol–water partition coefficient (Wildman–Crippen LogP) is 5.51. The Morgan fingerprint density at radius 1 is 1.14 bits per heavy atom. The van der Waals surface area contributed by atoms with E-state index in [0.29, 0.717) is 34.7 Å². The van der Waals surface area contributed by atoms with Crippen molar-refractivity contribution in [3.05, 3.63) is 77.4 Å². The van der Waals surface area contributed by atoms with Crippen LogP contribution in [0.4, 0.5) is 11.4 Å². The molecule has 0 spiro atoms. The van der Waals surface area contributed by atoms with Gasteiger partial charge in [-0.05, 0) is 69.7 Å². The maximum absolute atomic E-state index is 14.1. The van der Waals surface area contributed by atoms with Crippen molar-refractivity contribution in [3.8, 4) is 17.2 Å². The minimum absolute atomic E-state index is 0.179. The SMILES string of the molecule is CCOc1cccc2c1O[C@]1(C)[C@H](C(=O)Nc3ccc(C)cc3C)[C@@H]2NC(=S)N1c1ccccc1OC. The molecule has 0 unspecified atom stereocenters. The zero-order valence-electron chi connectivity index (χ0n) is 21.6. The molecule has 2 aliphatic rings. The fraction of sp³-hybridized carbons (Fsp3) is 0.310. The van der Waals surface area contributed by atoms with Crippen molar-refractivity contribution in [2.24, 2.45) is 5.92 Å². The Balaban J connectivity index is 1.67. The normalized spacial score (nSPS) is 21.9. The average Bonchev–Trinajstić information content (AvgIpc) is 2.86. The highest BCUT2D eigenvalue weighted by molar-refractivity contribution is 7.80. The molecule has 5 rings (SSSR count). The predicted molar refractivity (Wildman–Crippen MR) is 149 cm³/mol. The number of anilines is 2. The Morgan fingerprint density at radius 3 is 2.62 bits per heavy atom. The third kappa shape index (κ3) is 4.15. The molecular weight excluding hydrogens is 486 g/mol. The molecule has 0 radical (unpaired) electrons. The number of aryl methyl sites for hydroxylation is 2. The largest absolute Gasteiger partial charge is 0.495 e. The zero-order chi connectivity index (χ0) is 26.3. The lowest BCUT2D eigenvalue weighted by Gasteiger charge is -2.56. The second-order valence-electron chi connectivity index (χ2n) is 9.48. The number of carbonyl (C=O) groups is 1. The smallest absolute Gasteiger partial charge is 0.236 e. The van der Waals surface area contributed by atoms with Crippen LogP contribution in [-0.4, -0.2) is 30.5 Å². The van der Waals surface area contributed by atoms with Crippen LogP contribution in [0, 0.1) is 19.8 Å². The topological polar surface area (TPSA) is 72.1 Å². The van der Waals surface area contributed by atoms with Gasteiger partial charge in [0.15, 0.2) is 22.3 Å². The summed E-state index contributed by atoms with van der Waals surface area (Å²) in [7, 11) is 1.61. The lowest BCUT2D eigenvalue weighted by atomic mass is 9.78. The minimum atomic E-state index is -1.19. The van der Waals surface area contributed by atoms with Crippen LogP contribution in [0.1, 0.15) is 36.6 Å². The van der Waals surface area contributed by atoms with Gasteiger partial charge in [-0.1, -0.05) is 42.0 Å². The van der Waals surface area contributed by atoms with E-state index in [1.807, 2.05) is 93.3 Å². The van der Waals surface area contributed by atoms with E-state index in [1.54, 1.807) is 7.11 Å². The third-order valence-corrected chi connectivity index (χ3v) is 7.34. The molecule has 3 aromatic rings. The highest BCUT2D eigenvalue weighted by Crippen LogP contribution is 2.53. The van der Waals surface area contributed by atoms with Crippen LogP contribution in [0.2, 0.25) is 0 Å². The van der Waals surface area contributed by atoms with Crippen molar-refractivity contribution in [2.75, 3.05) is 23.9 Å². The monoisotopic (exact) mass is 517 g/mol. The van der Waals surface area contributed by atoms with Crippen molar-refractivity contribution >= 4 is 34.6 Å². The first-order valence-electron chi connectivity index (χ1n) is 12.3. The quantitative estimate of drug-likeness (QED) is 0.418. The summed E-state index contributed by atoms with van der Waals surface area (Å²) < 4.78 is 18.4.